The summed E-state index contributed by atoms with van der Waals surface area (Å²) in [6.07, 6.45) is 1.01. The summed E-state index contributed by atoms with van der Waals surface area (Å²) in [5, 5.41) is 5.48. The number of thiazole rings is 1. The van der Waals surface area contributed by atoms with Gasteiger partial charge in [-0.2, -0.15) is 9.40 Å². The van der Waals surface area contributed by atoms with E-state index in [0.717, 1.165) is 16.1 Å². The van der Waals surface area contributed by atoms with Gasteiger partial charge in [-0.3, -0.25) is 14.4 Å². The van der Waals surface area contributed by atoms with Crippen LogP contribution in [0.15, 0.2) is 53.4 Å². The van der Waals surface area contributed by atoms with E-state index in [-0.39, 0.29) is 23.9 Å². The zero-order chi connectivity index (χ0) is 27.7. The number of nitrogens with zero attached hydrogens (tertiary/aromatic N) is 5. The number of amides is 1. The highest BCUT2D eigenvalue weighted by molar-refractivity contribution is 7.89. The zero-order valence-electron chi connectivity index (χ0n) is 22.0. The molecule has 0 N–H and O–H groups in total. The third-order valence-electron chi connectivity index (χ3n) is 6.72. The molecule has 1 amide bonds. The number of fused-ring (bicyclic) bond motifs is 1. The highest BCUT2D eigenvalue weighted by atomic mass is 35.5. The van der Waals surface area contributed by atoms with Crippen molar-refractivity contribution in [3.63, 3.8) is 0 Å². The van der Waals surface area contributed by atoms with E-state index in [4.69, 9.17) is 21.3 Å². The number of carbonyl (C=O) groups excluding carboxylic acids is 1. The number of sulfonamides is 1. The Morgan fingerprint density at radius 1 is 1.21 bits per heavy atom. The summed E-state index contributed by atoms with van der Waals surface area (Å²) in [7, 11) is -3.90. The maximum absolute atomic E-state index is 14.2. The molecule has 1 fully saturated rings. The lowest BCUT2D eigenvalue weighted by molar-refractivity contribution is -0.121. The van der Waals surface area contributed by atoms with Crippen LogP contribution in [0.4, 0.5) is 5.13 Å². The molecule has 4 aromatic rings. The second-order valence-corrected chi connectivity index (χ2v) is 12.7. The van der Waals surface area contributed by atoms with Gasteiger partial charge in [0.2, 0.25) is 15.9 Å². The van der Waals surface area contributed by atoms with Crippen LogP contribution in [0, 0.1) is 13.8 Å². The smallest absolute Gasteiger partial charge is 0.247 e. The largest absolute Gasteiger partial charge is 0.492 e. The number of benzene rings is 2. The van der Waals surface area contributed by atoms with E-state index >= 15 is 0 Å². The van der Waals surface area contributed by atoms with Crippen LogP contribution in [0.5, 0.6) is 5.75 Å². The molecule has 1 aliphatic heterocycles. The molecule has 1 saturated heterocycles. The zero-order valence-corrected chi connectivity index (χ0v) is 24.4. The summed E-state index contributed by atoms with van der Waals surface area (Å²) in [5.74, 6) is 0.347. The number of anilines is 1. The first-order valence-electron chi connectivity index (χ1n) is 12.8. The number of para-hydroxylation sites is 1. The van der Waals surface area contributed by atoms with Crippen LogP contribution in [-0.4, -0.2) is 59.1 Å². The van der Waals surface area contributed by atoms with E-state index < -0.39 is 16.1 Å². The molecule has 12 heteroatoms. The van der Waals surface area contributed by atoms with Crippen molar-refractivity contribution in [2.45, 2.75) is 51.1 Å². The van der Waals surface area contributed by atoms with Gasteiger partial charge in [0.15, 0.2) is 5.13 Å². The lowest BCUT2D eigenvalue weighted by atomic mass is 10.2. The molecule has 0 aliphatic carbocycles. The molecule has 2 aromatic carbocycles. The molecule has 2 aromatic heterocycles. The highest BCUT2D eigenvalue weighted by Crippen LogP contribution is 2.36. The molecular weight excluding hydrogens is 558 g/mol. The normalized spacial score (nSPS) is 16.2. The number of halogens is 1. The molecule has 206 valence electrons. The summed E-state index contributed by atoms with van der Waals surface area (Å²) in [5.41, 5.74) is 2.55. The Labute approximate surface area is 237 Å². The second-order valence-electron chi connectivity index (χ2n) is 9.40. The van der Waals surface area contributed by atoms with Crippen molar-refractivity contribution in [3.8, 4) is 5.75 Å². The van der Waals surface area contributed by atoms with Crippen LogP contribution in [0.25, 0.3) is 10.2 Å². The number of hydrogen-bond donors (Lipinski definition) is 0. The van der Waals surface area contributed by atoms with E-state index in [1.807, 2.05) is 49.7 Å². The van der Waals surface area contributed by atoms with E-state index in [0.29, 0.717) is 47.4 Å². The van der Waals surface area contributed by atoms with Gasteiger partial charge in [0.05, 0.1) is 28.4 Å². The van der Waals surface area contributed by atoms with E-state index in [9.17, 15) is 13.2 Å². The van der Waals surface area contributed by atoms with Gasteiger partial charge in [-0.15, -0.1) is 0 Å². The Bertz CT molecular complexity index is 1600. The Kier molecular flexibility index (Phi) is 7.95. The Balaban J connectivity index is 1.51. The van der Waals surface area contributed by atoms with Crippen LogP contribution in [0.1, 0.15) is 31.2 Å². The first-order chi connectivity index (χ1) is 18.7. The fourth-order valence-electron chi connectivity index (χ4n) is 4.89. The van der Waals surface area contributed by atoms with Crippen LogP contribution in [-0.2, 0) is 21.4 Å². The molecule has 1 aliphatic rings. The van der Waals surface area contributed by atoms with E-state index in [2.05, 4.69) is 5.10 Å². The predicted octanol–water partition coefficient (Wildman–Crippen LogP) is 5.05. The van der Waals surface area contributed by atoms with E-state index in [1.54, 1.807) is 17.0 Å². The first-order valence-corrected chi connectivity index (χ1v) is 15.4. The Morgan fingerprint density at radius 3 is 2.67 bits per heavy atom. The van der Waals surface area contributed by atoms with Crippen LogP contribution in [0.2, 0.25) is 5.02 Å². The molecule has 3 heterocycles. The summed E-state index contributed by atoms with van der Waals surface area (Å²) in [6.45, 7) is 7.29. The van der Waals surface area contributed by atoms with Crippen LogP contribution >= 0.6 is 22.9 Å². The molecule has 1 atom stereocenters. The number of aromatic nitrogens is 3. The van der Waals surface area contributed by atoms with Crippen LogP contribution in [0.3, 0.4) is 0 Å². The lowest BCUT2D eigenvalue weighted by Gasteiger charge is -2.28. The monoisotopic (exact) mass is 587 g/mol. The number of hydrogen-bond acceptors (Lipinski definition) is 7. The first kappa shape index (κ1) is 27.6. The van der Waals surface area contributed by atoms with Gasteiger partial charge in [0.1, 0.15) is 17.3 Å². The molecule has 9 nitrogen and oxygen atoms in total. The topological polar surface area (TPSA) is 97.6 Å². The third kappa shape index (κ3) is 5.54. The molecule has 1 unspecified atom stereocenters. The van der Waals surface area contributed by atoms with Crippen molar-refractivity contribution in [3.05, 3.63) is 64.9 Å². The average molecular weight is 588 g/mol. The molecule has 0 radical (unpaired) electrons. The molecular formula is C27H30ClN5O4S2. The van der Waals surface area contributed by atoms with Gasteiger partial charge in [-0.1, -0.05) is 29.0 Å². The standard InChI is InChI=1S/C27H30ClN5O4S2/c1-4-37-23-8-5-9-24-25(23)29-27(38-24)31(15-16-32-19(3)17-18(2)30-32)26(34)22-7-6-14-33(22)39(35,36)21-12-10-20(28)11-13-21/h5,8-13,17,22H,4,6-7,14-16H2,1-3H3. The quantitative estimate of drug-likeness (QED) is 0.272. The second kappa shape index (κ2) is 11.2. The van der Waals surface area contributed by atoms with Gasteiger partial charge >= 0.3 is 0 Å². The van der Waals surface area contributed by atoms with Crippen molar-refractivity contribution in [2.24, 2.45) is 0 Å². The predicted molar refractivity (Wildman–Crippen MR) is 153 cm³/mol. The fourth-order valence-corrected chi connectivity index (χ4v) is 7.68. The number of rotatable bonds is 9. The Morgan fingerprint density at radius 2 is 1.97 bits per heavy atom. The molecule has 0 spiro atoms. The average Bonchev–Trinajstić information content (AvgIpc) is 3.63. The number of carbonyl (C=O) groups is 1. The number of ether oxygens (including phenoxy) is 1. The molecule has 0 saturated carbocycles. The molecule has 0 bridgehead atoms. The minimum Gasteiger partial charge on any atom is -0.492 e. The van der Waals surface area contributed by atoms with Crippen molar-refractivity contribution in [1.82, 2.24) is 19.1 Å². The van der Waals surface area contributed by atoms with Gasteiger partial charge in [-0.25, -0.2) is 13.4 Å². The maximum atomic E-state index is 14.2. The highest BCUT2D eigenvalue weighted by Gasteiger charge is 2.42. The SMILES string of the molecule is CCOc1cccc2sc(N(CCn3nc(C)cc3C)C(=O)C3CCCN3S(=O)(=O)c3ccc(Cl)cc3)nc12. The van der Waals surface area contributed by atoms with E-state index in [1.165, 1.54) is 27.8 Å². The van der Waals surface area contributed by atoms with Crippen molar-refractivity contribution in [2.75, 3.05) is 24.6 Å². The van der Waals surface area contributed by atoms with Crippen molar-refractivity contribution in [1.29, 1.82) is 0 Å². The third-order valence-corrected chi connectivity index (χ3v) is 9.93. The molecule has 5 rings (SSSR count). The van der Waals surface area contributed by atoms with Gasteiger partial charge in [0, 0.05) is 23.8 Å². The molecule has 39 heavy (non-hydrogen) atoms. The number of aryl methyl sites for hydroxylation is 2. The van der Waals surface area contributed by atoms with Gasteiger partial charge in [0.25, 0.3) is 0 Å². The van der Waals surface area contributed by atoms with Crippen molar-refractivity contribution >= 4 is 54.2 Å². The van der Waals surface area contributed by atoms with Crippen LogP contribution < -0.4 is 9.64 Å². The summed E-state index contributed by atoms with van der Waals surface area (Å²) >= 11 is 7.37. The fraction of sp³-hybridized carbons (Fsp3) is 0.370. The maximum Gasteiger partial charge on any atom is 0.247 e. The van der Waals surface area contributed by atoms with Gasteiger partial charge < -0.3 is 4.74 Å². The lowest BCUT2D eigenvalue weighted by Crippen LogP contribution is -2.48. The Hall–Kier alpha value is -2.99. The minimum atomic E-state index is -3.90. The summed E-state index contributed by atoms with van der Waals surface area (Å²) in [4.78, 5) is 20.7. The van der Waals surface area contributed by atoms with Crippen molar-refractivity contribution < 1.29 is 17.9 Å². The summed E-state index contributed by atoms with van der Waals surface area (Å²) in [6, 6.07) is 12.9. The minimum absolute atomic E-state index is 0.113. The summed E-state index contributed by atoms with van der Waals surface area (Å²) < 4.78 is 37.0. The van der Waals surface area contributed by atoms with Gasteiger partial charge in [-0.05, 0) is 76.1 Å².